The summed E-state index contributed by atoms with van der Waals surface area (Å²) in [6.07, 6.45) is 3.59. The maximum atomic E-state index is 5.69. The van der Waals surface area contributed by atoms with Crippen molar-refractivity contribution in [1.29, 1.82) is 0 Å². The van der Waals surface area contributed by atoms with Crippen LogP contribution in [0, 0.1) is 5.92 Å². The Morgan fingerprint density at radius 1 is 1.15 bits per heavy atom. The molecule has 0 aromatic heterocycles. The van der Waals surface area contributed by atoms with E-state index in [2.05, 4.69) is 25.2 Å². The number of benzene rings is 1. The van der Waals surface area contributed by atoms with Crippen LogP contribution in [-0.2, 0) is 11.3 Å². The van der Waals surface area contributed by atoms with Gasteiger partial charge in [-0.2, -0.15) is 0 Å². The zero-order valence-corrected chi connectivity index (χ0v) is 13.2. The maximum absolute atomic E-state index is 5.69. The second-order valence-corrected chi connectivity index (χ2v) is 5.56. The fourth-order valence-electron chi connectivity index (χ4n) is 1.97. The van der Waals surface area contributed by atoms with Crippen LogP contribution < -0.4 is 10.1 Å². The van der Waals surface area contributed by atoms with Crippen LogP contribution in [0.25, 0.3) is 0 Å². The fourth-order valence-corrected chi connectivity index (χ4v) is 1.97. The molecule has 1 rings (SSSR count). The average Bonchev–Trinajstić information content (AvgIpc) is 2.45. The minimum Gasteiger partial charge on any atom is -0.497 e. The van der Waals surface area contributed by atoms with E-state index in [4.69, 9.17) is 9.47 Å². The van der Waals surface area contributed by atoms with E-state index in [1.54, 1.807) is 7.11 Å². The molecule has 0 heterocycles. The minimum absolute atomic E-state index is 0.669. The summed E-state index contributed by atoms with van der Waals surface area (Å²) in [7, 11) is 1.69. The molecule has 3 heteroatoms. The van der Waals surface area contributed by atoms with Gasteiger partial charge in [0.2, 0.25) is 0 Å². The summed E-state index contributed by atoms with van der Waals surface area (Å²) < 4.78 is 10.9. The number of rotatable bonds is 11. The summed E-state index contributed by atoms with van der Waals surface area (Å²) in [5.74, 6) is 1.63. The van der Waals surface area contributed by atoms with Crippen LogP contribution in [0.4, 0.5) is 0 Å². The van der Waals surface area contributed by atoms with Gasteiger partial charge in [-0.05, 0) is 56.0 Å². The third kappa shape index (κ3) is 8.18. The van der Waals surface area contributed by atoms with Crippen LogP contribution in [0.1, 0.15) is 38.7 Å². The molecule has 20 heavy (non-hydrogen) atoms. The molecule has 0 radical (unpaired) electrons. The molecule has 0 saturated heterocycles. The molecule has 1 aromatic rings. The lowest BCUT2D eigenvalue weighted by molar-refractivity contribution is 0.116. The topological polar surface area (TPSA) is 30.5 Å². The number of ether oxygens (including phenoxy) is 2. The van der Waals surface area contributed by atoms with E-state index in [1.807, 2.05) is 18.2 Å². The molecule has 0 spiro atoms. The predicted octanol–water partition coefficient (Wildman–Crippen LogP) is 3.63. The van der Waals surface area contributed by atoms with Crippen molar-refractivity contribution in [2.24, 2.45) is 5.92 Å². The van der Waals surface area contributed by atoms with Crippen molar-refractivity contribution in [2.45, 2.75) is 39.7 Å². The van der Waals surface area contributed by atoms with Gasteiger partial charge in [0.25, 0.3) is 0 Å². The molecular weight excluding hydrogens is 250 g/mol. The van der Waals surface area contributed by atoms with Crippen LogP contribution in [0.3, 0.4) is 0 Å². The van der Waals surface area contributed by atoms with E-state index in [0.717, 1.165) is 37.8 Å². The van der Waals surface area contributed by atoms with Crippen LogP contribution in [0.15, 0.2) is 24.3 Å². The van der Waals surface area contributed by atoms with Gasteiger partial charge in [-0.3, -0.25) is 0 Å². The molecule has 1 N–H and O–H groups in total. The summed E-state index contributed by atoms with van der Waals surface area (Å²) >= 11 is 0. The lowest BCUT2D eigenvalue weighted by Crippen LogP contribution is -2.20. The Kier molecular flexibility index (Phi) is 9.09. The monoisotopic (exact) mass is 279 g/mol. The second kappa shape index (κ2) is 10.7. The summed E-state index contributed by atoms with van der Waals surface area (Å²) in [6, 6.07) is 8.04. The second-order valence-electron chi connectivity index (χ2n) is 5.56. The Hall–Kier alpha value is -1.06. The maximum Gasteiger partial charge on any atom is 0.119 e. The molecule has 0 atom stereocenters. The SMILES string of the molecule is COc1cccc(COCCCCCNCC(C)C)c1. The molecule has 0 unspecified atom stereocenters. The molecule has 3 nitrogen and oxygen atoms in total. The van der Waals surface area contributed by atoms with Gasteiger partial charge in [0, 0.05) is 6.61 Å². The van der Waals surface area contributed by atoms with E-state index >= 15 is 0 Å². The average molecular weight is 279 g/mol. The first-order chi connectivity index (χ1) is 9.72. The van der Waals surface area contributed by atoms with Gasteiger partial charge in [-0.1, -0.05) is 26.0 Å². The van der Waals surface area contributed by atoms with Gasteiger partial charge < -0.3 is 14.8 Å². The predicted molar refractivity (Wildman–Crippen MR) is 84.2 cm³/mol. The lowest BCUT2D eigenvalue weighted by Gasteiger charge is -2.08. The van der Waals surface area contributed by atoms with Crippen molar-refractivity contribution in [3.05, 3.63) is 29.8 Å². The molecule has 0 aliphatic heterocycles. The molecule has 0 fully saturated rings. The van der Waals surface area contributed by atoms with Gasteiger partial charge in [-0.25, -0.2) is 0 Å². The Labute approximate surface area is 123 Å². The van der Waals surface area contributed by atoms with Crippen LogP contribution in [0.5, 0.6) is 5.75 Å². The Balaban J connectivity index is 1.96. The molecule has 0 amide bonds. The van der Waals surface area contributed by atoms with Crippen molar-refractivity contribution < 1.29 is 9.47 Å². The van der Waals surface area contributed by atoms with Gasteiger partial charge >= 0.3 is 0 Å². The van der Waals surface area contributed by atoms with E-state index < -0.39 is 0 Å². The smallest absolute Gasteiger partial charge is 0.119 e. The summed E-state index contributed by atoms with van der Waals surface area (Å²) in [4.78, 5) is 0. The van der Waals surface area contributed by atoms with E-state index in [0.29, 0.717) is 6.61 Å². The molecule has 1 aromatic carbocycles. The third-order valence-electron chi connectivity index (χ3n) is 3.10. The highest BCUT2D eigenvalue weighted by atomic mass is 16.5. The summed E-state index contributed by atoms with van der Waals surface area (Å²) in [5.41, 5.74) is 1.17. The van der Waals surface area contributed by atoms with Gasteiger partial charge in [0.15, 0.2) is 0 Å². The normalized spacial score (nSPS) is 11.0. The highest BCUT2D eigenvalue weighted by Gasteiger charge is 1.97. The van der Waals surface area contributed by atoms with Crippen molar-refractivity contribution in [1.82, 2.24) is 5.32 Å². The first-order valence-electron chi connectivity index (χ1n) is 7.63. The van der Waals surface area contributed by atoms with Crippen molar-refractivity contribution in [2.75, 3.05) is 26.8 Å². The zero-order valence-electron chi connectivity index (χ0n) is 13.2. The first-order valence-corrected chi connectivity index (χ1v) is 7.63. The van der Waals surface area contributed by atoms with E-state index in [9.17, 15) is 0 Å². The summed E-state index contributed by atoms with van der Waals surface area (Å²) in [5, 5.41) is 3.46. The molecule has 0 aliphatic rings. The van der Waals surface area contributed by atoms with E-state index in [1.165, 1.54) is 18.4 Å². The molecule has 114 valence electrons. The Morgan fingerprint density at radius 3 is 2.75 bits per heavy atom. The number of methoxy groups -OCH3 is 1. The molecular formula is C17H29NO2. The van der Waals surface area contributed by atoms with Gasteiger partial charge in [0.1, 0.15) is 5.75 Å². The molecule has 0 saturated carbocycles. The number of hydrogen-bond donors (Lipinski definition) is 1. The molecule has 0 aliphatic carbocycles. The lowest BCUT2D eigenvalue weighted by atomic mass is 10.2. The van der Waals surface area contributed by atoms with Gasteiger partial charge in [-0.15, -0.1) is 0 Å². The first kappa shape index (κ1) is 17.0. The van der Waals surface area contributed by atoms with Crippen molar-refractivity contribution in [3.63, 3.8) is 0 Å². The number of nitrogens with one attached hydrogen (secondary N) is 1. The third-order valence-corrected chi connectivity index (χ3v) is 3.10. The van der Waals surface area contributed by atoms with E-state index in [-0.39, 0.29) is 0 Å². The quantitative estimate of drug-likeness (QED) is 0.627. The number of hydrogen-bond acceptors (Lipinski definition) is 3. The molecule has 0 bridgehead atoms. The van der Waals surface area contributed by atoms with Gasteiger partial charge in [0.05, 0.1) is 13.7 Å². The Bertz CT molecular complexity index is 353. The minimum atomic E-state index is 0.669. The highest BCUT2D eigenvalue weighted by Crippen LogP contribution is 2.13. The van der Waals surface area contributed by atoms with Crippen LogP contribution >= 0.6 is 0 Å². The van der Waals surface area contributed by atoms with Crippen LogP contribution in [0.2, 0.25) is 0 Å². The summed E-state index contributed by atoms with van der Waals surface area (Å²) in [6.45, 7) is 8.21. The van der Waals surface area contributed by atoms with Crippen molar-refractivity contribution >= 4 is 0 Å². The standard InChI is InChI=1S/C17H29NO2/c1-15(2)13-18-10-5-4-6-11-20-14-16-8-7-9-17(12-16)19-3/h7-9,12,15,18H,4-6,10-11,13-14H2,1-3H3. The zero-order chi connectivity index (χ0) is 14.6. The fraction of sp³-hybridized carbons (Fsp3) is 0.647. The Morgan fingerprint density at radius 2 is 2.00 bits per heavy atom. The highest BCUT2D eigenvalue weighted by molar-refractivity contribution is 5.27. The number of unbranched alkanes of at least 4 members (excludes halogenated alkanes) is 2. The largest absolute Gasteiger partial charge is 0.497 e. The van der Waals surface area contributed by atoms with Crippen molar-refractivity contribution in [3.8, 4) is 5.75 Å². The van der Waals surface area contributed by atoms with Crippen LogP contribution in [-0.4, -0.2) is 26.8 Å².